The van der Waals surface area contributed by atoms with Crippen LogP contribution in [0.2, 0.25) is 5.02 Å². The standard InChI is InChI=1S/C15H10BrClN2O3/c16-11-6-14-13(21-8-22-14)5-9(11)7-18-19-15(20)10-3-1-2-4-12(10)17/h1-7H,8H2,(H,19,20)/b18-7+. The first-order valence-corrected chi connectivity index (χ1v) is 7.49. The molecule has 112 valence electrons. The number of amides is 1. The average Bonchev–Trinajstić information content (AvgIpc) is 2.94. The summed E-state index contributed by atoms with van der Waals surface area (Å²) in [4.78, 5) is 12.0. The number of rotatable bonds is 3. The number of nitrogens with one attached hydrogen (secondary N) is 1. The summed E-state index contributed by atoms with van der Waals surface area (Å²) in [5.74, 6) is 0.935. The maximum absolute atomic E-state index is 12.0. The second kappa shape index (κ2) is 6.37. The van der Waals surface area contributed by atoms with Gasteiger partial charge >= 0.3 is 0 Å². The number of benzene rings is 2. The molecule has 0 aromatic heterocycles. The van der Waals surface area contributed by atoms with Crippen molar-refractivity contribution in [2.45, 2.75) is 0 Å². The van der Waals surface area contributed by atoms with Crippen molar-refractivity contribution < 1.29 is 14.3 Å². The fourth-order valence-corrected chi connectivity index (χ4v) is 2.54. The van der Waals surface area contributed by atoms with Crippen molar-refractivity contribution in [2.24, 2.45) is 5.10 Å². The van der Waals surface area contributed by atoms with Gasteiger partial charge in [-0.2, -0.15) is 5.10 Å². The van der Waals surface area contributed by atoms with Crippen molar-refractivity contribution >= 4 is 39.7 Å². The van der Waals surface area contributed by atoms with E-state index in [1.165, 1.54) is 6.21 Å². The predicted octanol–water partition coefficient (Wildman–Crippen LogP) is 3.60. The van der Waals surface area contributed by atoms with Gasteiger partial charge in [-0.15, -0.1) is 0 Å². The van der Waals surface area contributed by atoms with Crippen LogP contribution in [0.3, 0.4) is 0 Å². The van der Waals surface area contributed by atoms with Crippen LogP contribution in [0.1, 0.15) is 15.9 Å². The maximum atomic E-state index is 12.0. The summed E-state index contributed by atoms with van der Waals surface area (Å²) in [6, 6.07) is 10.3. The van der Waals surface area contributed by atoms with Gasteiger partial charge in [-0.1, -0.05) is 23.7 Å². The minimum atomic E-state index is -0.376. The van der Waals surface area contributed by atoms with Crippen molar-refractivity contribution in [1.29, 1.82) is 0 Å². The first-order valence-electron chi connectivity index (χ1n) is 6.32. The number of hydrazone groups is 1. The summed E-state index contributed by atoms with van der Waals surface area (Å²) in [6.45, 7) is 0.200. The molecule has 0 radical (unpaired) electrons. The lowest BCUT2D eigenvalue weighted by atomic mass is 10.2. The Hall–Kier alpha value is -2.05. The van der Waals surface area contributed by atoms with E-state index >= 15 is 0 Å². The molecule has 0 unspecified atom stereocenters. The molecule has 2 aromatic carbocycles. The van der Waals surface area contributed by atoms with Gasteiger partial charge in [0, 0.05) is 10.0 Å². The number of hydrogen-bond donors (Lipinski definition) is 1. The minimum absolute atomic E-state index is 0.200. The Morgan fingerprint density at radius 2 is 2.00 bits per heavy atom. The van der Waals surface area contributed by atoms with Crippen LogP contribution in [0.15, 0.2) is 46.0 Å². The molecule has 0 fully saturated rings. The van der Waals surface area contributed by atoms with Crippen molar-refractivity contribution in [3.05, 3.63) is 57.0 Å². The molecule has 3 rings (SSSR count). The van der Waals surface area contributed by atoms with E-state index < -0.39 is 0 Å². The summed E-state index contributed by atoms with van der Waals surface area (Å²) in [5, 5.41) is 4.31. The maximum Gasteiger partial charge on any atom is 0.272 e. The van der Waals surface area contributed by atoms with Gasteiger partial charge < -0.3 is 9.47 Å². The van der Waals surface area contributed by atoms with Crippen LogP contribution in [0.4, 0.5) is 0 Å². The molecule has 1 heterocycles. The molecule has 2 aromatic rings. The summed E-state index contributed by atoms with van der Waals surface area (Å²) < 4.78 is 11.3. The fraction of sp³-hybridized carbons (Fsp3) is 0.0667. The Balaban J connectivity index is 1.73. The highest BCUT2D eigenvalue weighted by atomic mass is 79.9. The Bertz CT molecular complexity index is 764. The van der Waals surface area contributed by atoms with Gasteiger partial charge in [-0.05, 0) is 40.2 Å². The normalized spacial score (nSPS) is 12.6. The lowest BCUT2D eigenvalue weighted by Gasteiger charge is -2.03. The zero-order valence-corrected chi connectivity index (χ0v) is 13.5. The van der Waals surface area contributed by atoms with E-state index in [-0.39, 0.29) is 12.7 Å². The lowest BCUT2D eigenvalue weighted by Crippen LogP contribution is -2.17. The Labute approximate surface area is 140 Å². The Kier molecular flexibility index (Phi) is 4.31. The van der Waals surface area contributed by atoms with Crippen LogP contribution in [-0.4, -0.2) is 18.9 Å². The third-order valence-corrected chi connectivity index (χ3v) is 4.00. The van der Waals surface area contributed by atoms with Crippen LogP contribution in [0.25, 0.3) is 0 Å². The quantitative estimate of drug-likeness (QED) is 0.653. The Morgan fingerprint density at radius 1 is 1.27 bits per heavy atom. The van der Waals surface area contributed by atoms with E-state index in [0.29, 0.717) is 22.1 Å². The molecule has 1 N–H and O–H groups in total. The zero-order chi connectivity index (χ0) is 15.5. The second-order valence-corrected chi connectivity index (χ2v) is 5.67. The summed E-state index contributed by atoms with van der Waals surface area (Å²) >= 11 is 9.37. The van der Waals surface area contributed by atoms with E-state index in [9.17, 15) is 4.79 Å². The smallest absolute Gasteiger partial charge is 0.272 e. The number of nitrogens with zero attached hydrogens (tertiary/aromatic N) is 1. The van der Waals surface area contributed by atoms with E-state index in [4.69, 9.17) is 21.1 Å². The van der Waals surface area contributed by atoms with E-state index in [2.05, 4.69) is 26.5 Å². The van der Waals surface area contributed by atoms with Crippen molar-refractivity contribution in [3.63, 3.8) is 0 Å². The number of carbonyl (C=O) groups is 1. The largest absolute Gasteiger partial charge is 0.454 e. The van der Waals surface area contributed by atoms with Crippen LogP contribution >= 0.6 is 27.5 Å². The summed E-state index contributed by atoms with van der Waals surface area (Å²) in [5.41, 5.74) is 3.56. The molecule has 1 aliphatic heterocycles. The molecule has 7 heteroatoms. The van der Waals surface area contributed by atoms with E-state index in [0.717, 1.165) is 10.0 Å². The monoisotopic (exact) mass is 380 g/mol. The third-order valence-electron chi connectivity index (χ3n) is 2.98. The molecular weight excluding hydrogens is 372 g/mol. The second-order valence-electron chi connectivity index (χ2n) is 4.41. The average molecular weight is 382 g/mol. The minimum Gasteiger partial charge on any atom is -0.454 e. The highest BCUT2D eigenvalue weighted by Crippen LogP contribution is 2.36. The first-order chi connectivity index (χ1) is 10.6. The molecule has 1 aliphatic rings. The van der Waals surface area contributed by atoms with E-state index in [1.807, 2.05) is 0 Å². The number of hydrogen-bond acceptors (Lipinski definition) is 4. The molecule has 22 heavy (non-hydrogen) atoms. The summed E-state index contributed by atoms with van der Waals surface area (Å²) in [6.07, 6.45) is 1.51. The molecule has 0 bridgehead atoms. The number of carbonyl (C=O) groups excluding carboxylic acids is 1. The van der Waals surface area contributed by atoms with Crippen molar-refractivity contribution in [1.82, 2.24) is 5.43 Å². The highest BCUT2D eigenvalue weighted by Gasteiger charge is 2.15. The van der Waals surface area contributed by atoms with Crippen molar-refractivity contribution in [3.8, 4) is 11.5 Å². The molecule has 0 atom stereocenters. The van der Waals surface area contributed by atoms with Crippen LogP contribution < -0.4 is 14.9 Å². The van der Waals surface area contributed by atoms with Gasteiger partial charge in [0.25, 0.3) is 5.91 Å². The van der Waals surface area contributed by atoms with Crippen LogP contribution in [-0.2, 0) is 0 Å². The predicted molar refractivity (Wildman–Crippen MR) is 86.8 cm³/mol. The SMILES string of the molecule is O=C(N/N=C/c1cc2c(cc1Br)OCO2)c1ccccc1Cl. The highest BCUT2D eigenvalue weighted by molar-refractivity contribution is 9.10. The van der Waals surface area contributed by atoms with Gasteiger partial charge in [-0.25, -0.2) is 5.43 Å². The molecule has 1 amide bonds. The first kappa shape index (κ1) is 14.9. The van der Waals surface area contributed by atoms with E-state index in [1.54, 1.807) is 36.4 Å². The molecule has 0 spiro atoms. The fourth-order valence-electron chi connectivity index (χ4n) is 1.90. The lowest BCUT2D eigenvalue weighted by molar-refractivity contribution is 0.0955. The van der Waals surface area contributed by atoms with Crippen LogP contribution in [0, 0.1) is 0 Å². The van der Waals surface area contributed by atoms with Gasteiger partial charge in [0.1, 0.15) is 0 Å². The third kappa shape index (κ3) is 3.08. The summed E-state index contributed by atoms with van der Waals surface area (Å²) in [7, 11) is 0. The van der Waals surface area contributed by atoms with Gasteiger partial charge in [-0.3, -0.25) is 4.79 Å². The number of halogens is 2. The molecule has 0 saturated carbocycles. The Morgan fingerprint density at radius 3 is 2.77 bits per heavy atom. The van der Waals surface area contributed by atoms with Gasteiger partial charge in [0.2, 0.25) is 6.79 Å². The molecular formula is C15H10BrClN2O3. The topological polar surface area (TPSA) is 59.9 Å². The van der Waals surface area contributed by atoms with Gasteiger partial charge in [0.05, 0.1) is 16.8 Å². The molecule has 0 saturated heterocycles. The van der Waals surface area contributed by atoms with Crippen LogP contribution in [0.5, 0.6) is 11.5 Å². The molecule has 5 nitrogen and oxygen atoms in total. The number of ether oxygens (including phenoxy) is 2. The van der Waals surface area contributed by atoms with Crippen molar-refractivity contribution in [2.75, 3.05) is 6.79 Å². The van der Waals surface area contributed by atoms with Gasteiger partial charge in [0.15, 0.2) is 11.5 Å². The molecule has 0 aliphatic carbocycles. The number of fused-ring (bicyclic) bond motifs is 1. The zero-order valence-electron chi connectivity index (χ0n) is 11.2.